The van der Waals surface area contributed by atoms with Crippen LogP contribution in [0.5, 0.6) is 0 Å². The van der Waals surface area contributed by atoms with Gasteiger partial charge >= 0.3 is 0 Å². The molecule has 2 fully saturated rings. The van der Waals surface area contributed by atoms with E-state index in [1.165, 1.54) is 19.4 Å². The van der Waals surface area contributed by atoms with Gasteiger partial charge in [-0.15, -0.1) is 0 Å². The number of piperazine rings is 1. The van der Waals surface area contributed by atoms with E-state index in [2.05, 4.69) is 24.1 Å². The lowest BCUT2D eigenvalue weighted by Gasteiger charge is -2.38. The molecule has 2 aliphatic rings. The average Bonchev–Trinajstić information content (AvgIpc) is 2.64. The van der Waals surface area contributed by atoms with E-state index in [0.717, 1.165) is 19.7 Å². The van der Waals surface area contributed by atoms with E-state index in [1.54, 1.807) is 0 Å². The average molecular weight is 198 g/mol. The van der Waals surface area contributed by atoms with Gasteiger partial charge in [-0.1, -0.05) is 0 Å². The van der Waals surface area contributed by atoms with Crippen LogP contribution in [-0.2, 0) is 4.74 Å². The third-order valence-corrected chi connectivity index (χ3v) is 3.36. The fraction of sp³-hybridized carbons (Fsp3) is 1.00. The van der Waals surface area contributed by atoms with Gasteiger partial charge in [0.15, 0.2) is 0 Å². The van der Waals surface area contributed by atoms with E-state index >= 15 is 0 Å². The zero-order valence-electron chi connectivity index (χ0n) is 9.33. The summed E-state index contributed by atoms with van der Waals surface area (Å²) in [5, 5.41) is 3.50. The van der Waals surface area contributed by atoms with Crippen molar-refractivity contribution in [3.8, 4) is 0 Å². The largest absolute Gasteiger partial charge is 0.377 e. The highest BCUT2D eigenvalue weighted by Crippen LogP contribution is 2.16. The highest BCUT2D eigenvalue weighted by Gasteiger charge is 2.26. The number of hydrogen-bond donors (Lipinski definition) is 1. The molecule has 2 saturated heterocycles. The first-order chi connectivity index (χ1) is 6.75. The molecular weight excluding hydrogens is 176 g/mol. The molecule has 0 radical (unpaired) electrons. The molecule has 3 atom stereocenters. The van der Waals surface area contributed by atoms with Crippen LogP contribution in [0, 0.1) is 0 Å². The molecule has 3 heteroatoms. The van der Waals surface area contributed by atoms with Crippen LogP contribution in [0.3, 0.4) is 0 Å². The fourth-order valence-corrected chi connectivity index (χ4v) is 2.40. The van der Waals surface area contributed by atoms with E-state index in [4.69, 9.17) is 4.74 Å². The van der Waals surface area contributed by atoms with Gasteiger partial charge in [0.25, 0.3) is 0 Å². The third-order valence-electron chi connectivity index (χ3n) is 3.36. The Bertz CT molecular complexity index is 180. The number of hydrogen-bond acceptors (Lipinski definition) is 3. The molecule has 0 spiro atoms. The Hall–Kier alpha value is -0.120. The monoisotopic (exact) mass is 198 g/mol. The molecule has 0 aliphatic carbocycles. The van der Waals surface area contributed by atoms with Gasteiger partial charge in [-0.05, 0) is 26.7 Å². The molecule has 0 bridgehead atoms. The summed E-state index contributed by atoms with van der Waals surface area (Å²) in [5.74, 6) is 0. The van der Waals surface area contributed by atoms with Crippen LogP contribution in [-0.4, -0.2) is 49.3 Å². The van der Waals surface area contributed by atoms with Gasteiger partial charge in [0.1, 0.15) is 0 Å². The lowest BCUT2D eigenvalue weighted by molar-refractivity contribution is 0.0452. The molecule has 1 N–H and O–H groups in total. The van der Waals surface area contributed by atoms with Crippen LogP contribution >= 0.6 is 0 Å². The SMILES string of the molecule is CC1CN(CC2CCCO2)C(C)CN1. The Labute approximate surface area is 86.8 Å². The van der Waals surface area contributed by atoms with Gasteiger partial charge < -0.3 is 10.1 Å². The highest BCUT2D eigenvalue weighted by molar-refractivity contribution is 4.83. The minimum absolute atomic E-state index is 0.503. The molecule has 2 aliphatic heterocycles. The topological polar surface area (TPSA) is 24.5 Å². The molecule has 3 nitrogen and oxygen atoms in total. The molecule has 0 aromatic carbocycles. The summed E-state index contributed by atoms with van der Waals surface area (Å²) >= 11 is 0. The van der Waals surface area contributed by atoms with Crippen LogP contribution in [0.1, 0.15) is 26.7 Å². The second kappa shape index (κ2) is 4.60. The van der Waals surface area contributed by atoms with Crippen molar-refractivity contribution in [2.45, 2.75) is 44.9 Å². The molecule has 0 amide bonds. The van der Waals surface area contributed by atoms with E-state index in [1.807, 2.05) is 0 Å². The Morgan fingerprint density at radius 2 is 2.29 bits per heavy atom. The fourth-order valence-electron chi connectivity index (χ4n) is 2.40. The first-order valence-corrected chi connectivity index (χ1v) is 5.84. The molecule has 82 valence electrons. The quantitative estimate of drug-likeness (QED) is 0.712. The zero-order chi connectivity index (χ0) is 9.97. The van der Waals surface area contributed by atoms with E-state index in [-0.39, 0.29) is 0 Å². The van der Waals surface area contributed by atoms with Crippen molar-refractivity contribution in [1.82, 2.24) is 10.2 Å². The van der Waals surface area contributed by atoms with Crippen LogP contribution in [0.4, 0.5) is 0 Å². The molecule has 0 saturated carbocycles. The predicted molar refractivity (Wildman–Crippen MR) is 57.5 cm³/mol. The Kier molecular flexibility index (Phi) is 3.42. The van der Waals surface area contributed by atoms with Crippen molar-refractivity contribution in [3.63, 3.8) is 0 Å². The first-order valence-electron chi connectivity index (χ1n) is 5.84. The Balaban J connectivity index is 1.82. The van der Waals surface area contributed by atoms with Gasteiger partial charge in [0.05, 0.1) is 6.10 Å². The van der Waals surface area contributed by atoms with Crippen LogP contribution in [0.25, 0.3) is 0 Å². The summed E-state index contributed by atoms with van der Waals surface area (Å²) < 4.78 is 5.68. The summed E-state index contributed by atoms with van der Waals surface area (Å²) in [6, 6.07) is 1.29. The van der Waals surface area contributed by atoms with Crippen LogP contribution in [0.15, 0.2) is 0 Å². The van der Waals surface area contributed by atoms with Crippen molar-refractivity contribution in [3.05, 3.63) is 0 Å². The van der Waals surface area contributed by atoms with Gasteiger partial charge in [-0.2, -0.15) is 0 Å². The van der Waals surface area contributed by atoms with Gasteiger partial charge in [0.2, 0.25) is 0 Å². The molecule has 14 heavy (non-hydrogen) atoms. The summed E-state index contributed by atoms with van der Waals surface area (Å²) in [5.41, 5.74) is 0. The van der Waals surface area contributed by atoms with E-state index in [0.29, 0.717) is 18.2 Å². The van der Waals surface area contributed by atoms with E-state index in [9.17, 15) is 0 Å². The predicted octanol–water partition coefficient (Wildman–Crippen LogP) is 0.848. The molecular formula is C11H22N2O. The lowest BCUT2D eigenvalue weighted by atomic mass is 10.1. The number of nitrogens with zero attached hydrogens (tertiary/aromatic N) is 1. The number of rotatable bonds is 2. The zero-order valence-corrected chi connectivity index (χ0v) is 9.33. The summed E-state index contributed by atoms with van der Waals surface area (Å²) in [6.07, 6.45) is 3.01. The normalized spacial score (nSPS) is 40.3. The lowest BCUT2D eigenvalue weighted by Crippen LogP contribution is -2.55. The van der Waals surface area contributed by atoms with Crippen molar-refractivity contribution in [1.29, 1.82) is 0 Å². The molecule has 3 unspecified atom stereocenters. The van der Waals surface area contributed by atoms with Crippen molar-refractivity contribution in [2.75, 3.05) is 26.2 Å². The second-order valence-electron chi connectivity index (χ2n) is 4.75. The third kappa shape index (κ3) is 2.47. The number of ether oxygens (including phenoxy) is 1. The maximum absolute atomic E-state index is 5.68. The first kappa shape index (κ1) is 10.4. The van der Waals surface area contributed by atoms with Crippen molar-refractivity contribution < 1.29 is 4.74 Å². The van der Waals surface area contributed by atoms with Crippen molar-refractivity contribution in [2.24, 2.45) is 0 Å². The van der Waals surface area contributed by atoms with E-state index < -0.39 is 0 Å². The Morgan fingerprint density at radius 3 is 3.00 bits per heavy atom. The van der Waals surface area contributed by atoms with Gasteiger partial charge in [0, 0.05) is 38.3 Å². The highest BCUT2D eigenvalue weighted by atomic mass is 16.5. The number of nitrogens with one attached hydrogen (secondary N) is 1. The molecule has 2 heterocycles. The molecule has 0 aromatic rings. The van der Waals surface area contributed by atoms with Gasteiger partial charge in [-0.25, -0.2) is 0 Å². The minimum atomic E-state index is 0.503. The summed E-state index contributed by atoms with van der Waals surface area (Å²) in [6.45, 7) is 8.95. The van der Waals surface area contributed by atoms with Crippen molar-refractivity contribution >= 4 is 0 Å². The smallest absolute Gasteiger partial charge is 0.0702 e. The maximum atomic E-state index is 5.68. The summed E-state index contributed by atoms with van der Waals surface area (Å²) in [7, 11) is 0. The van der Waals surface area contributed by atoms with Gasteiger partial charge in [-0.3, -0.25) is 4.90 Å². The Morgan fingerprint density at radius 1 is 1.43 bits per heavy atom. The molecule has 0 aromatic heterocycles. The van der Waals surface area contributed by atoms with Crippen LogP contribution < -0.4 is 5.32 Å². The minimum Gasteiger partial charge on any atom is -0.377 e. The maximum Gasteiger partial charge on any atom is 0.0702 e. The standard InChI is InChI=1S/C11H22N2O/c1-9-7-13(10(2)6-12-9)8-11-4-3-5-14-11/h9-12H,3-8H2,1-2H3. The second-order valence-corrected chi connectivity index (χ2v) is 4.75. The summed E-state index contributed by atoms with van der Waals surface area (Å²) in [4.78, 5) is 2.57. The van der Waals surface area contributed by atoms with Crippen LogP contribution in [0.2, 0.25) is 0 Å². The molecule has 2 rings (SSSR count).